The molecule has 0 saturated carbocycles. The monoisotopic (exact) mass is 447 g/mol. The number of anilines is 1. The van der Waals surface area contributed by atoms with Crippen LogP contribution in [0.25, 0.3) is 0 Å². The summed E-state index contributed by atoms with van der Waals surface area (Å²) >= 11 is 7.27. The van der Waals surface area contributed by atoms with Gasteiger partial charge in [-0.1, -0.05) is 41.6 Å². The van der Waals surface area contributed by atoms with Gasteiger partial charge in [-0.3, -0.25) is 9.59 Å². The first-order valence-corrected chi connectivity index (χ1v) is 10.3. The second kappa shape index (κ2) is 9.73. The van der Waals surface area contributed by atoms with Gasteiger partial charge in [0.15, 0.2) is 11.0 Å². The first kappa shape index (κ1) is 21.8. The molecule has 2 amide bonds. The van der Waals surface area contributed by atoms with Gasteiger partial charge in [0, 0.05) is 17.8 Å². The Labute approximate surface area is 182 Å². The normalized spacial score (nSPS) is 10.7. The minimum atomic E-state index is -0.593. The number of carbonyl (C=O) groups is 2. The summed E-state index contributed by atoms with van der Waals surface area (Å²) in [5, 5.41) is 14.5. The molecule has 0 aliphatic carbocycles. The number of hydrogen-bond donors (Lipinski definition) is 2. The molecule has 1 aromatic heterocycles. The van der Waals surface area contributed by atoms with Gasteiger partial charge in [-0.25, -0.2) is 4.39 Å². The number of carbonyl (C=O) groups excluding carboxylic acids is 2. The third-order valence-corrected chi connectivity index (χ3v) is 5.67. The molecule has 3 rings (SSSR count). The van der Waals surface area contributed by atoms with Gasteiger partial charge >= 0.3 is 0 Å². The van der Waals surface area contributed by atoms with Gasteiger partial charge in [-0.2, -0.15) is 0 Å². The van der Waals surface area contributed by atoms with E-state index in [0.717, 1.165) is 5.56 Å². The Kier molecular flexibility index (Phi) is 7.07. The fourth-order valence-corrected chi connectivity index (χ4v) is 3.43. The molecule has 0 spiro atoms. The van der Waals surface area contributed by atoms with Crippen molar-refractivity contribution in [2.75, 3.05) is 11.1 Å². The molecule has 0 bridgehead atoms. The molecule has 3 aromatic rings. The van der Waals surface area contributed by atoms with Crippen LogP contribution in [0.4, 0.5) is 10.1 Å². The maximum Gasteiger partial charge on any atom is 0.254 e. The molecular weight excluding hydrogens is 429 g/mol. The first-order valence-electron chi connectivity index (χ1n) is 8.95. The number of benzene rings is 2. The molecule has 30 heavy (non-hydrogen) atoms. The van der Waals surface area contributed by atoms with Crippen molar-refractivity contribution in [3.63, 3.8) is 0 Å². The maximum atomic E-state index is 13.7. The predicted octanol–water partition coefficient (Wildman–Crippen LogP) is 3.58. The molecule has 7 nitrogen and oxygen atoms in total. The smallest absolute Gasteiger partial charge is 0.254 e. The van der Waals surface area contributed by atoms with Crippen molar-refractivity contribution < 1.29 is 14.0 Å². The van der Waals surface area contributed by atoms with Crippen LogP contribution in [0.1, 0.15) is 21.7 Å². The molecule has 0 atom stereocenters. The lowest BCUT2D eigenvalue weighted by Crippen LogP contribution is -2.25. The summed E-state index contributed by atoms with van der Waals surface area (Å²) in [5.74, 6) is -0.740. The van der Waals surface area contributed by atoms with Crippen molar-refractivity contribution in [2.24, 2.45) is 7.05 Å². The van der Waals surface area contributed by atoms with Crippen molar-refractivity contribution in [2.45, 2.75) is 18.6 Å². The highest BCUT2D eigenvalue weighted by Gasteiger charge is 2.15. The number of amides is 2. The topological polar surface area (TPSA) is 88.9 Å². The quantitative estimate of drug-likeness (QED) is 0.540. The number of halogens is 2. The van der Waals surface area contributed by atoms with Gasteiger partial charge in [-0.15, -0.1) is 10.2 Å². The van der Waals surface area contributed by atoms with E-state index in [9.17, 15) is 14.0 Å². The largest absolute Gasteiger partial charge is 0.345 e. The van der Waals surface area contributed by atoms with Crippen LogP contribution < -0.4 is 10.6 Å². The highest BCUT2D eigenvalue weighted by molar-refractivity contribution is 7.99. The summed E-state index contributed by atoms with van der Waals surface area (Å²) in [6, 6.07) is 11.0. The van der Waals surface area contributed by atoms with Crippen molar-refractivity contribution in [1.82, 2.24) is 20.1 Å². The van der Waals surface area contributed by atoms with Crippen molar-refractivity contribution in [3.05, 3.63) is 70.3 Å². The highest BCUT2D eigenvalue weighted by Crippen LogP contribution is 2.21. The van der Waals surface area contributed by atoms with E-state index in [2.05, 4.69) is 20.8 Å². The van der Waals surface area contributed by atoms with E-state index in [1.807, 2.05) is 13.0 Å². The van der Waals surface area contributed by atoms with Crippen LogP contribution >= 0.6 is 23.4 Å². The van der Waals surface area contributed by atoms with E-state index in [-0.39, 0.29) is 23.8 Å². The fourth-order valence-electron chi connectivity index (χ4n) is 2.52. The second-order valence-electron chi connectivity index (χ2n) is 6.42. The Morgan fingerprint density at radius 2 is 1.97 bits per heavy atom. The zero-order chi connectivity index (χ0) is 21.7. The minimum absolute atomic E-state index is 0.0397. The second-order valence-corrected chi connectivity index (χ2v) is 7.77. The van der Waals surface area contributed by atoms with Crippen LogP contribution in [-0.2, 0) is 18.4 Å². The van der Waals surface area contributed by atoms with Gasteiger partial charge in [-0.05, 0) is 36.8 Å². The average molecular weight is 448 g/mol. The SMILES string of the molecule is Cc1ccc(NC(=O)CSc2nnc(CNC(=O)c3ccccc3F)n2C)cc1Cl. The van der Waals surface area contributed by atoms with Crippen LogP contribution in [0.2, 0.25) is 5.02 Å². The summed E-state index contributed by atoms with van der Waals surface area (Å²) < 4.78 is 15.3. The van der Waals surface area contributed by atoms with Crippen LogP contribution in [0, 0.1) is 12.7 Å². The van der Waals surface area contributed by atoms with Crippen LogP contribution in [0.15, 0.2) is 47.6 Å². The molecule has 156 valence electrons. The van der Waals surface area contributed by atoms with E-state index in [4.69, 9.17) is 11.6 Å². The molecule has 1 heterocycles. The van der Waals surface area contributed by atoms with E-state index >= 15 is 0 Å². The number of rotatable bonds is 7. The molecule has 0 aliphatic rings. The zero-order valence-corrected chi connectivity index (χ0v) is 17.9. The number of nitrogens with zero attached hydrogens (tertiary/aromatic N) is 3. The van der Waals surface area contributed by atoms with Gasteiger partial charge in [0.1, 0.15) is 5.82 Å². The summed E-state index contributed by atoms with van der Waals surface area (Å²) in [6.07, 6.45) is 0. The lowest BCUT2D eigenvalue weighted by atomic mass is 10.2. The van der Waals surface area contributed by atoms with E-state index < -0.39 is 11.7 Å². The van der Waals surface area contributed by atoms with E-state index in [0.29, 0.717) is 21.7 Å². The molecular formula is C20H19ClFN5O2S. The van der Waals surface area contributed by atoms with Crippen LogP contribution in [0.5, 0.6) is 0 Å². The molecule has 0 radical (unpaired) electrons. The minimum Gasteiger partial charge on any atom is -0.345 e. The lowest BCUT2D eigenvalue weighted by molar-refractivity contribution is -0.113. The number of aromatic nitrogens is 3. The van der Waals surface area contributed by atoms with Gasteiger partial charge < -0.3 is 15.2 Å². The Balaban J connectivity index is 1.53. The first-order chi connectivity index (χ1) is 14.3. The molecule has 10 heteroatoms. The van der Waals surface area contributed by atoms with Gasteiger partial charge in [0.25, 0.3) is 5.91 Å². The highest BCUT2D eigenvalue weighted by atomic mass is 35.5. The summed E-state index contributed by atoms with van der Waals surface area (Å²) in [5.41, 5.74) is 1.51. The summed E-state index contributed by atoms with van der Waals surface area (Å²) in [4.78, 5) is 24.3. The third-order valence-electron chi connectivity index (χ3n) is 4.24. The van der Waals surface area contributed by atoms with Crippen molar-refractivity contribution >= 4 is 40.9 Å². The van der Waals surface area contributed by atoms with Gasteiger partial charge in [0.05, 0.1) is 17.9 Å². The van der Waals surface area contributed by atoms with E-state index in [1.54, 1.807) is 29.8 Å². The van der Waals surface area contributed by atoms with Crippen LogP contribution in [0.3, 0.4) is 0 Å². The Bertz CT molecular complexity index is 1090. The Morgan fingerprint density at radius 3 is 2.70 bits per heavy atom. The third kappa shape index (κ3) is 5.37. The lowest BCUT2D eigenvalue weighted by Gasteiger charge is -2.08. The van der Waals surface area contributed by atoms with E-state index in [1.165, 1.54) is 30.0 Å². The number of aryl methyl sites for hydroxylation is 1. The standard InChI is InChI=1S/C20H19ClFN5O2S/c1-12-7-8-13(9-15(12)21)24-18(28)11-30-20-26-25-17(27(20)2)10-23-19(29)14-5-3-4-6-16(14)22/h3-9H,10-11H2,1-2H3,(H,23,29)(H,24,28). The number of thioether (sulfide) groups is 1. The van der Waals surface area contributed by atoms with Crippen LogP contribution in [-0.4, -0.2) is 32.3 Å². The maximum absolute atomic E-state index is 13.7. The Morgan fingerprint density at radius 1 is 1.20 bits per heavy atom. The number of nitrogens with one attached hydrogen (secondary N) is 2. The fraction of sp³-hybridized carbons (Fsp3) is 0.200. The molecule has 0 fully saturated rings. The predicted molar refractivity (Wildman–Crippen MR) is 114 cm³/mol. The van der Waals surface area contributed by atoms with Gasteiger partial charge in [0.2, 0.25) is 5.91 Å². The molecule has 0 saturated heterocycles. The summed E-state index contributed by atoms with van der Waals surface area (Å²) in [7, 11) is 1.73. The molecule has 2 N–H and O–H groups in total. The molecule has 0 aliphatic heterocycles. The summed E-state index contributed by atoms with van der Waals surface area (Å²) in [6.45, 7) is 1.96. The Hall–Kier alpha value is -2.91. The average Bonchev–Trinajstić information content (AvgIpc) is 3.07. The number of hydrogen-bond acceptors (Lipinski definition) is 5. The molecule has 0 unspecified atom stereocenters. The van der Waals surface area contributed by atoms with Crippen molar-refractivity contribution in [1.29, 1.82) is 0 Å². The molecule has 2 aromatic carbocycles. The van der Waals surface area contributed by atoms with Crippen molar-refractivity contribution in [3.8, 4) is 0 Å². The zero-order valence-electron chi connectivity index (χ0n) is 16.3.